The molecule has 1 heterocycles. The van der Waals surface area contributed by atoms with E-state index in [1.165, 1.54) is 0 Å². The first kappa shape index (κ1) is 10.9. The van der Waals surface area contributed by atoms with Crippen molar-refractivity contribution < 1.29 is 5.11 Å². The Kier molecular flexibility index (Phi) is 4.33. The summed E-state index contributed by atoms with van der Waals surface area (Å²) in [5.41, 5.74) is 0.885. The SMILES string of the molecule is CC(C)CC(O)/C=C/c1ccccn1. The average Bonchev–Trinajstić information content (AvgIpc) is 2.15. The van der Waals surface area contributed by atoms with E-state index in [-0.39, 0.29) is 6.10 Å². The predicted molar refractivity (Wildman–Crippen MR) is 58.7 cm³/mol. The van der Waals surface area contributed by atoms with E-state index in [0.29, 0.717) is 5.92 Å². The van der Waals surface area contributed by atoms with Crippen molar-refractivity contribution in [3.05, 3.63) is 36.2 Å². The van der Waals surface area contributed by atoms with E-state index in [1.54, 1.807) is 12.3 Å². The molecular weight excluding hydrogens is 174 g/mol. The topological polar surface area (TPSA) is 33.1 Å². The summed E-state index contributed by atoms with van der Waals surface area (Å²) in [5, 5.41) is 9.57. The summed E-state index contributed by atoms with van der Waals surface area (Å²) in [7, 11) is 0. The van der Waals surface area contributed by atoms with Gasteiger partial charge in [0.25, 0.3) is 0 Å². The normalized spacial score (nSPS) is 13.7. The lowest BCUT2D eigenvalue weighted by Crippen LogP contribution is -2.05. The molecule has 14 heavy (non-hydrogen) atoms. The standard InChI is InChI=1S/C12H17NO/c1-10(2)9-12(14)7-6-11-5-3-4-8-13-11/h3-8,10,12,14H,9H2,1-2H3/b7-6+. The molecule has 76 valence electrons. The van der Waals surface area contributed by atoms with Gasteiger partial charge >= 0.3 is 0 Å². The minimum atomic E-state index is -0.364. The van der Waals surface area contributed by atoms with E-state index in [0.717, 1.165) is 12.1 Å². The van der Waals surface area contributed by atoms with Crippen LogP contribution >= 0.6 is 0 Å². The van der Waals surface area contributed by atoms with Gasteiger partial charge in [-0.05, 0) is 30.5 Å². The lowest BCUT2D eigenvalue weighted by molar-refractivity contribution is 0.195. The Morgan fingerprint density at radius 1 is 1.43 bits per heavy atom. The highest BCUT2D eigenvalue weighted by Gasteiger charge is 2.01. The molecule has 1 aromatic heterocycles. The van der Waals surface area contributed by atoms with Crippen molar-refractivity contribution in [1.29, 1.82) is 0 Å². The highest BCUT2D eigenvalue weighted by Crippen LogP contribution is 2.07. The summed E-state index contributed by atoms with van der Waals surface area (Å²) in [6.45, 7) is 4.19. The minimum Gasteiger partial charge on any atom is -0.389 e. The summed E-state index contributed by atoms with van der Waals surface area (Å²) in [6.07, 6.45) is 5.82. The maximum atomic E-state index is 9.57. The summed E-state index contributed by atoms with van der Waals surface area (Å²) < 4.78 is 0. The number of pyridine rings is 1. The zero-order valence-electron chi connectivity index (χ0n) is 8.72. The van der Waals surface area contributed by atoms with Gasteiger partial charge in [-0.2, -0.15) is 0 Å². The van der Waals surface area contributed by atoms with Gasteiger partial charge in [-0.1, -0.05) is 26.0 Å². The molecule has 1 atom stereocenters. The number of hydrogen-bond donors (Lipinski definition) is 1. The van der Waals surface area contributed by atoms with Crippen LogP contribution in [0.1, 0.15) is 26.0 Å². The number of rotatable bonds is 4. The van der Waals surface area contributed by atoms with Crippen molar-refractivity contribution in [2.45, 2.75) is 26.4 Å². The molecule has 0 saturated heterocycles. The number of aliphatic hydroxyl groups excluding tert-OH is 1. The fourth-order valence-corrected chi connectivity index (χ4v) is 1.25. The maximum absolute atomic E-state index is 9.57. The Morgan fingerprint density at radius 2 is 2.21 bits per heavy atom. The molecule has 0 bridgehead atoms. The first-order valence-electron chi connectivity index (χ1n) is 4.96. The van der Waals surface area contributed by atoms with Crippen LogP contribution in [0.3, 0.4) is 0 Å². The summed E-state index contributed by atoms with van der Waals surface area (Å²) >= 11 is 0. The lowest BCUT2D eigenvalue weighted by Gasteiger charge is -2.07. The number of aromatic nitrogens is 1. The lowest BCUT2D eigenvalue weighted by atomic mass is 10.1. The smallest absolute Gasteiger partial charge is 0.0727 e. The van der Waals surface area contributed by atoms with Gasteiger partial charge in [0.05, 0.1) is 11.8 Å². The van der Waals surface area contributed by atoms with Crippen LogP contribution in [0.2, 0.25) is 0 Å². The second kappa shape index (κ2) is 5.55. The van der Waals surface area contributed by atoms with E-state index in [4.69, 9.17) is 0 Å². The molecule has 0 fully saturated rings. The molecule has 2 heteroatoms. The van der Waals surface area contributed by atoms with Crippen LogP contribution in [0.15, 0.2) is 30.5 Å². The van der Waals surface area contributed by atoms with Crippen LogP contribution in [0.4, 0.5) is 0 Å². The van der Waals surface area contributed by atoms with E-state index in [1.807, 2.05) is 24.3 Å². The molecule has 1 aromatic rings. The van der Waals surface area contributed by atoms with Crippen molar-refractivity contribution in [2.75, 3.05) is 0 Å². The van der Waals surface area contributed by atoms with Crippen molar-refractivity contribution in [1.82, 2.24) is 4.98 Å². The van der Waals surface area contributed by atoms with Gasteiger partial charge in [-0.3, -0.25) is 4.98 Å². The molecule has 1 rings (SSSR count). The van der Waals surface area contributed by atoms with Gasteiger partial charge in [0.15, 0.2) is 0 Å². The molecular formula is C12H17NO. The fourth-order valence-electron chi connectivity index (χ4n) is 1.25. The summed E-state index contributed by atoms with van der Waals surface area (Å²) in [5.74, 6) is 0.512. The highest BCUT2D eigenvalue weighted by atomic mass is 16.3. The molecule has 0 aromatic carbocycles. The first-order chi connectivity index (χ1) is 6.68. The molecule has 2 nitrogen and oxygen atoms in total. The number of nitrogens with zero attached hydrogens (tertiary/aromatic N) is 1. The Morgan fingerprint density at radius 3 is 2.79 bits per heavy atom. The zero-order chi connectivity index (χ0) is 10.4. The van der Waals surface area contributed by atoms with E-state index >= 15 is 0 Å². The third-order valence-electron chi connectivity index (χ3n) is 1.89. The van der Waals surface area contributed by atoms with Gasteiger partial charge < -0.3 is 5.11 Å². The Hall–Kier alpha value is -1.15. The molecule has 0 aliphatic rings. The molecule has 0 spiro atoms. The minimum absolute atomic E-state index is 0.364. The molecule has 0 radical (unpaired) electrons. The zero-order valence-corrected chi connectivity index (χ0v) is 8.72. The van der Waals surface area contributed by atoms with Gasteiger partial charge in [0.2, 0.25) is 0 Å². The van der Waals surface area contributed by atoms with Gasteiger partial charge in [-0.15, -0.1) is 0 Å². The fraction of sp³-hybridized carbons (Fsp3) is 0.417. The van der Waals surface area contributed by atoms with Crippen LogP contribution in [-0.2, 0) is 0 Å². The van der Waals surface area contributed by atoms with E-state index in [2.05, 4.69) is 18.8 Å². The third-order valence-corrected chi connectivity index (χ3v) is 1.89. The van der Waals surface area contributed by atoms with Gasteiger partial charge in [-0.25, -0.2) is 0 Å². The molecule has 0 aliphatic heterocycles. The van der Waals surface area contributed by atoms with Gasteiger partial charge in [0.1, 0.15) is 0 Å². The average molecular weight is 191 g/mol. The monoisotopic (exact) mass is 191 g/mol. The van der Waals surface area contributed by atoms with Crippen LogP contribution < -0.4 is 0 Å². The van der Waals surface area contributed by atoms with Crippen molar-refractivity contribution in [2.24, 2.45) is 5.92 Å². The number of hydrogen-bond acceptors (Lipinski definition) is 2. The van der Waals surface area contributed by atoms with Crippen molar-refractivity contribution in [3.8, 4) is 0 Å². The van der Waals surface area contributed by atoms with Crippen LogP contribution in [-0.4, -0.2) is 16.2 Å². The van der Waals surface area contributed by atoms with Crippen LogP contribution in [0.5, 0.6) is 0 Å². The Balaban J connectivity index is 2.48. The molecule has 1 N–H and O–H groups in total. The molecule has 0 aliphatic carbocycles. The van der Waals surface area contributed by atoms with Crippen molar-refractivity contribution >= 4 is 6.08 Å². The van der Waals surface area contributed by atoms with Gasteiger partial charge in [0, 0.05) is 6.20 Å². The Bertz CT molecular complexity index is 280. The third kappa shape index (κ3) is 4.19. The quantitative estimate of drug-likeness (QED) is 0.793. The van der Waals surface area contributed by atoms with E-state index < -0.39 is 0 Å². The van der Waals surface area contributed by atoms with Crippen LogP contribution in [0.25, 0.3) is 6.08 Å². The van der Waals surface area contributed by atoms with E-state index in [9.17, 15) is 5.11 Å². The van der Waals surface area contributed by atoms with Crippen LogP contribution in [0, 0.1) is 5.92 Å². The summed E-state index contributed by atoms with van der Waals surface area (Å²) in [4.78, 5) is 4.13. The summed E-state index contributed by atoms with van der Waals surface area (Å²) in [6, 6.07) is 5.72. The second-order valence-corrected chi connectivity index (χ2v) is 3.81. The molecule has 0 saturated carbocycles. The second-order valence-electron chi connectivity index (χ2n) is 3.81. The van der Waals surface area contributed by atoms with Crippen molar-refractivity contribution in [3.63, 3.8) is 0 Å². The Labute approximate surface area is 85.3 Å². The molecule has 1 unspecified atom stereocenters. The predicted octanol–water partition coefficient (Wildman–Crippen LogP) is 2.50. The largest absolute Gasteiger partial charge is 0.389 e. The highest BCUT2D eigenvalue weighted by molar-refractivity contribution is 5.44. The number of aliphatic hydroxyl groups is 1. The molecule has 0 amide bonds. The maximum Gasteiger partial charge on any atom is 0.0727 e. The first-order valence-corrected chi connectivity index (χ1v) is 4.96.